The van der Waals surface area contributed by atoms with Crippen LogP contribution in [0, 0.1) is 110 Å². The van der Waals surface area contributed by atoms with Gasteiger partial charge in [0, 0.05) is 60.7 Å². The number of aliphatic hydroxyl groups excluding tert-OH is 2. The van der Waals surface area contributed by atoms with Crippen molar-refractivity contribution < 1.29 is 99.3 Å². The van der Waals surface area contributed by atoms with Gasteiger partial charge in [-0.1, -0.05) is 131 Å². The number of aromatic carboxylic acids is 1. The molecule has 3 atom stereocenters. The third-order valence-corrected chi connectivity index (χ3v) is 28.5. The zero-order valence-electron chi connectivity index (χ0n) is 81.5. The van der Waals surface area contributed by atoms with Gasteiger partial charge in [-0.05, 0) is 251 Å². The maximum absolute atomic E-state index is 14.8. The van der Waals surface area contributed by atoms with E-state index in [-0.39, 0.29) is 105 Å². The summed E-state index contributed by atoms with van der Waals surface area (Å²) >= 11 is 0.569. The Morgan fingerprint density at radius 1 is 0.565 bits per heavy atom. The number of aromatic nitrogens is 6. The summed E-state index contributed by atoms with van der Waals surface area (Å²) < 4.78 is 114. The number of aliphatic hydroxyl groups is 2. The first kappa shape index (κ1) is 125. The van der Waals surface area contributed by atoms with E-state index in [1.807, 2.05) is 49.4 Å². The SMILES string of the molecule is C.C[Si](C)(C)N(c1c[c-]ccc1)[Si](C)(C)C.Cc1cc(C(=O)O)n(-c2cccc(C#N)c2)n1.NCC1CC1.NCCNCCN.Nc1cccc(C(O)c2cc(F)ccc2F)c1.O=Cc1cc(F)ccc1F.[Br-].[C-]#[N+]c1cccc(-n2nc(C)cc2C(=O)Cc2cccc(C(NCC3CC3)c3cc(F)ccc3F)c2)c1.[C-]#[N+]c1cccc(-n2nc(C)cc2C(=O)Nc2cccc(C(O)c3cc(F)ccc3F)c2)c1.[Cl][Ni][Cl].[Mg+2]. The molecule has 0 radical (unpaired) electrons. The predicted octanol–water partition coefficient (Wildman–Crippen LogP) is 19.5. The molecule has 2 fully saturated rings. The maximum atomic E-state index is 14.8. The number of aryl methyl sites for hydroxylation is 3. The van der Waals surface area contributed by atoms with Gasteiger partial charge in [0.2, 0.25) is 0 Å². The molecule has 39 heteroatoms. The molecule has 1 amide bonds. The number of nitrogens with two attached hydrogens (primary N) is 4. The molecule has 2 saturated carbocycles. The molecule has 14 aromatic rings. The minimum Gasteiger partial charge on any atom is 2.00 e. The molecular formula is C108H116BrCl2F8MgN17NiO7Si2. The second-order valence-corrected chi connectivity index (χ2v) is 46.6. The normalized spacial score (nSPS) is 12.0. The third-order valence-electron chi connectivity index (χ3n) is 21.3. The van der Waals surface area contributed by atoms with Gasteiger partial charge < -0.3 is 75.4 Å². The van der Waals surface area contributed by atoms with Crippen LogP contribution < -0.4 is 60.1 Å². The van der Waals surface area contributed by atoms with Crippen LogP contribution in [-0.4, -0.2) is 147 Å². The van der Waals surface area contributed by atoms with E-state index >= 15 is 0 Å². The quantitative estimate of drug-likeness (QED) is 0.00435. The summed E-state index contributed by atoms with van der Waals surface area (Å²) in [5.74, 6) is -5.11. The predicted molar refractivity (Wildman–Crippen MR) is 562 cm³/mol. The van der Waals surface area contributed by atoms with Crippen LogP contribution in [0.25, 0.3) is 26.8 Å². The van der Waals surface area contributed by atoms with Crippen LogP contribution in [-0.2, 0) is 19.1 Å². The van der Waals surface area contributed by atoms with E-state index in [0.29, 0.717) is 112 Å². The number of nitriles is 1. The van der Waals surface area contributed by atoms with Crippen LogP contribution in [0.3, 0.4) is 0 Å². The van der Waals surface area contributed by atoms with E-state index < -0.39 is 93.1 Å². The minimum absolute atomic E-state index is 0. The maximum Gasteiger partial charge on any atom is 2.00 e. The molecule has 0 spiro atoms. The number of amides is 1. The Morgan fingerprint density at radius 2 is 1.01 bits per heavy atom. The van der Waals surface area contributed by atoms with Crippen LogP contribution in [0.4, 0.5) is 63.6 Å². The molecule has 16 rings (SSSR count). The van der Waals surface area contributed by atoms with E-state index in [4.69, 9.17) is 66.8 Å². The molecule has 147 heavy (non-hydrogen) atoms. The number of carbonyl (C=O) groups is 4. The van der Waals surface area contributed by atoms with Crippen LogP contribution in [0.2, 0.25) is 39.3 Å². The van der Waals surface area contributed by atoms with Crippen molar-refractivity contribution in [1.29, 1.82) is 5.26 Å². The fourth-order valence-corrected chi connectivity index (χ4v) is 24.6. The zero-order chi connectivity index (χ0) is 105. The van der Waals surface area contributed by atoms with Crippen molar-refractivity contribution in [2.24, 2.45) is 29.0 Å². The van der Waals surface area contributed by atoms with Crippen LogP contribution in [0.5, 0.6) is 0 Å². The number of halogens is 11. The van der Waals surface area contributed by atoms with Crippen LogP contribution in [0.15, 0.2) is 261 Å². The molecule has 0 saturated heterocycles. The average Bonchev–Trinajstić information content (AvgIpc) is 1.34. The van der Waals surface area contributed by atoms with Crippen molar-refractivity contribution >= 4 is 112 Å². The number of ketones is 1. The molecule has 14 N–H and O–H groups in total. The number of carboxylic acids is 1. The molecule has 2 aliphatic carbocycles. The molecule has 0 bridgehead atoms. The van der Waals surface area contributed by atoms with Gasteiger partial charge in [-0.2, -0.15) is 50.9 Å². The van der Waals surface area contributed by atoms with Gasteiger partial charge in [0.1, 0.15) is 86.6 Å². The number of nitrogen functional groups attached to an aromatic ring is 1. The van der Waals surface area contributed by atoms with E-state index in [9.17, 15) is 64.5 Å². The Labute approximate surface area is 895 Å². The standard InChI is InChI=1S/C30H26F2N4O.C25H18F2N4O2.C13H11F2NO.C12H9N3O2.C12H22NSi2.C7H4F2O.C4H13N3.C4H9N.CH4.BrH.2ClH.Mg.Ni/c1-19-13-28(36(35-19)25-8-4-7-24(17-25)33-2)29(37)15-21-5-3-6-22(14-21)30(34-18-20-9-10-20)26-16-23(31)11-12-27(26)32;1-15-11-23(31(30-15)20-8-4-6-18(14-20)28-2)25(33)29-19-7-3-5-16(12-19)24(32)21-13-17(26)9-10-22(21)27;14-9-4-5-12(15)11(7-9)13(17)8-2-1-3-10(16)6-8;1-8-5-11(12(16)17)15(14-8)10-4-2-3-9(6-10)7-13;1-14(2,3)13(15(4,5)6)12-10-8-7-9-11-12;8-6-1-2-7(9)5(3-6)4-10;5-1-3-7-4-2-6;5-3-4-1-2-4;;;;;;/h3-8,11-14,16-17,20,30,34H,9-10,15,18H2,1H3;3-14,24,32H,1H3,(H,29,33);1-7,13,17H,16H2;2-6H,1H3,(H,16,17);7-8,10-11H,1-6H3;1-4H;7H,1-6H2;4H,1-3,5H2;1H4;3*1H;;/q;;;;-1;;;;;;;;2*+2/p-3. The molecule has 3 unspecified atom stereocenters. The fraction of sp³-hybridized carbons (Fsp3) is 0.241. The summed E-state index contributed by atoms with van der Waals surface area (Å²) in [6, 6.07) is 70.4. The number of aldehydes is 1. The van der Waals surface area contributed by atoms with E-state index in [0.717, 1.165) is 116 Å². The molecule has 3 heterocycles. The smallest absolute Gasteiger partial charge is 2.00 e. The number of hydrogen-bond acceptors (Lipinski definition) is 17. The Kier molecular flexibility index (Phi) is 52.5. The monoisotopic (exact) mass is 2200 g/mol. The molecule has 2 aliphatic rings. The largest absolute Gasteiger partial charge is 2.00 e. The number of nitrogens with one attached hydrogen (secondary N) is 3. The average molecular weight is 2210 g/mol. The molecule has 24 nitrogen and oxygen atoms in total. The second-order valence-electron chi connectivity index (χ2n) is 34.9. The van der Waals surface area contributed by atoms with E-state index in [1.165, 1.54) is 52.2 Å². The minimum atomic E-state index is -1.42. The fourth-order valence-electron chi connectivity index (χ4n) is 14.7. The van der Waals surface area contributed by atoms with Crippen molar-refractivity contribution in [3.8, 4) is 23.1 Å². The number of hydrogen-bond donors (Lipinski definition) is 10. The van der Waals surface area contributed by atoms with Gasteiger partial charge in [-0.15, -0.1) is 0 Å². The van der Waals surface area contributed by atoms with Crippen LogP contribution >= 0.6 is 20.4 Å². The van der Waals surface area contributed by atoms with Gasteiger partial charge in [0.15, 0.2) is 29.1 Å². The Bertz CT molecular complexity index is 6770. The summed E-state index contributed by atoms with van der Waals surface area (Å²) in [5, 5.41) is 60.5. The van der Waals surface area contributed by atoms with Crippen molar-refractivity contribution in [3.63, 3.8) is 0 Å². The molecule has 772 valence electrons. The number of carbonyl (C=O) groups excluding carboxylic acids is 3. The number of benzene rings is 11. The first-order valence-corrected chi connectivity index (χ1v) is 54.8. The Morgan fingerprint density at radius 3 is 1.46 bits per heavy atom. The summed E-state index contributed by atoms with van der Waals surface area (Å²) in [7, 11) is 6.83. The van der Waals surface area contributed by atoms with Crippen molar-refractivity contribution in [2.75, 3.05) is 54.6 Å². The van der Waals surface area contributed by atoms with Gasteiger partial charge >= 0.3 is 62.1 Å². The number of Topliss-reactive ketones (excluding diaryl/α,β-unsaturated/α-hetero) is 1. The van der Waals surface area contributed by atoms with Crippen molar-refractivity contribution in [1.82, 2.24) is 40.0 Å². The first-order valence-electron chi connectivity index (χ1n) is 45.2. The van der Waals surface area contributed by atoms with E-state index in [1.54, 1.807) is 134 Å². The molecule has 11 aromatic carbocycles. The topological polar surface area (TPSA) is 358 Å². The third kappa shape index (κ3) is 39.8. The Balaban J connectivity index is 0.000000313. The van der Waals surface area contributed by atoms with Gasteiger partial charge in [-0.3, -0.25) is 14.4 Å². The number of nitrogens with zero attached hydrogens (tertiary/aromatic N) is 10. The summed E-state index contributed by atoms with van der Waals surface area (Å²) in [6.07, 6.45) is 2.78. The molecule has 3 aromatic heterocycles. The van der Waals surface area contributed by atoms with E-state index in [2.05, 4.69) is 109 Å². The number of rotatable bonds is 27. The van der Waals surface area contributed by atoms with Gasteiger partial charge in [0.05, 0.1) is 70.5 Å². The van der Waals surface area contributed by atoms with Crippen molar-refractivity contribution in [2.45, 2.75) is 118 Å². The van der Waals surface area contributed by atoms with Gasteiger partial charge in [-0.25, -0.2) is 63.7 Å². The molecular weight excluding hydrogens is 2090 g/mol. The second kappa shape index (κ2) is 61.8. The summed E-state index contributed by atoms with van der Waals surface area (Å²) in [6.45, 7) is 39.0. The Hall–Kier alpha value is -12.7. The zero-order valence-corrected chi connectivity index (χ0v) is 89.0. The van der Waals surface area contributed by atoms with Crippen molar-refractivity contribution in [3.05, 3.63) is 421 Å². The summed E-state index contributed by atoms with van der Waals surface area (Å²) in [4.78, 5) is 54.3. The van der Waals surface area contributed by atoms with Crippen LogP contribution in [0.1, 0.15) is 155 Å². The first-order chi connectivity index (χ1) is 68.7. The molecule has 0 aliphatic heterocycles. The number of anilines is 3. The number of carboxylic acid groups (broad SMARTS) is 1. The van der Waals surface area contributed by atoms with Gasteiger partial charge in [0.25, 0.3) is 5.91 Å². The summed E-state index contributed by atoms with van der Waals surface area (Å²) in [5.41, 5.74) is 31.0.